The second-order valence-electron chi connectivity index (χ2n) is 11.7. The van der Waals surface area contributed by atoms with Gasteiger partial charge in [-0.2, -0.15) is 0 Å². The summed E-state index contributed by atoms with van der Waals surface area (Å²) in [4.78, 5) is 42.4. The number of aromatic nitrogens is 4. The SMILES string of the molecule is CC(C)(C)Cc1nc2c(OC(=O)C3CCCCC3)n[nH]c(=O)c2n1Cc1ccc(-c2ccccc2C(=O)O)cc1. The predicted molar refractivity (Wildman–Crippen MR) is 151 cm³/mol. The van der Waals surface area contributed by atoms with Crippen LogP contribution in [0, 0.1) is 11.3 Å². The normalized spacial score (nSPS) is 14.4. The highest BCUT2D eigenvalue weighted by atomic mass is 16.5. The van der Waals surface area contributed by atoms with Crippen molar-refractivity contribution in [2.24, 2.45) is 11.3 Å². The number of nitrogens with one attached hydrogen (secondary N) is 1. The fraction of sp³-hybridized carbons (Fsp3) is 0.387. The Labute approximate surface area is 232 Å². The number of hydrogen-bond acceptors (Lipinski definition) is 6. The van der Waals surface area contributed by atoms with Crippen LogP contribution in [-0.2, 0) is 17.8 Å². The van der Waals surface area contributed by atoms with Crippen molar-refractivity contribution in [3.8, 4) is 17.0 Å². The van der Waals surface area contributed by atoms with Crippen molar-refractivity contribution in [3.63, 3.8) is 0 Å². The molecule has 1 aliphatic carbocycles. The van der Waals surface area contributed by atoms with Crippen LogP contribution in [0.4, 0.5) is 0 Å². The first kappa shape index (κ1) is 27.3. The number of carbonyl (C=O) groups is 2. The molecule has 0 saturated heterocycles. The van der Waals surface area contributed by atoms with Gasteiger partial charge >= 0.3 is 11.9 Å². The topological polar surface area (TPSA) is 127 Å². The fourth-order valence-electron chi connectivity index (χ4n) is 5.35. The molecule has 0 bridgehead atoms. The van der Waals surface area contributed by atoms with Crippen LogP contribution in [0.2, 0.25) is 0 Å². The number of nitrogens with zero attached hydrogens (tertiary/aromatic N) is 3. The van der Waals surface area contributed by atoms with Gasteiger partial charge in [0.2, 0.25) is 0 Å². The number of rotatable bonds is 7. The lowest BCUT2D eigenvalue weighted by Crippen LogP contribution is -2.24. The lowest BCUT2D eigenvalue weighted by Gasteiger charge is -2.19. The third kappa shape index (κ3) is 5.83. The maximum Gasteiger partial charge on any atom is 0.336 e. The van der Waals surface area contributed by atoms with Gasteiger partial charge in [0.25, 0.3) is 11.4 Å². The molecular weight excluding hydrogens is 508 g/mol. The van der Waals surface area contributed by atoms with Crippen molar-refractivity contribution >= 4 is 23.0 Å². The number of imidazole rings is 1. The number of esters is 1. The first-order chi connectivity index (χ1) is 19.1. The minimum Gasteiger partial charge on any atom is -0.478 e. The monoisotopic (exact) mass is 542 g/mol. The van der Waals surface area contributed by atoms with E-state index in [1.165, 1.54) is 0 Å². The zero-order valence-electron chi connectivity index (χ0n) is 23.1. The van der Waals surface area contributed by atoms with E-state index in [-0.39, 0.29) is 34.3 Å². The van der Waals surface area contributed by atoms with Crippen LogP contribution in [0.1, 0.15) is 74.6 Å². The first-order valence-electron chi connectivity index (χ1n) is 13.7. The largest absolute Gasteiger partial charge is 0.478 e. The minimum absolute atomic E-state index is 0.0275. The van der Waals surface area contributed by atoms with Crippen LogP contribution in [0.5, 0.6) is 5.88 Å². The molecule has 208 valence electrons. The average molecular weight is 543 g/mol. The molecule has 1 fully saturated rings. The number of H-pyrrole nitrogens is 1. The first-order valence-corrected chi connectivity index (χ1v) is 13.7. The summed E-state index contributed by atoms with van der Waals surface area (Å²) < 4.78 is 7.58. The summed E-state index contributed by atoms with van der Waals surface area (Å²) in [6.07, 6.45) is 5.29. The van der Waals surface area contributed by atoms with Gasteiger partial charge in [-0.25, -0.2) is 14.9 Å². The Balaban J connectivity index is 1.51. The summed E-state index contributed by atoms with van der Waals surface area (Å²) in [5.41, 5.74) is 2.61. The summed E-state index contributed by atoms with van der Waals surface area (Å²) in [6, 6.07) is 14.5. The van der Waals surface area contributed by atoms with Crippen molar-refractivity contribution in [1.29, 1.82) is 0 Å². The molecule has 2 aromatic heterocycles. The van der Waals surface area contributed by atoms with Gasteiger partial charge in [0, 0.05) is 13.0 Å². The number of fused-ring (bicyclic) bond motifs is 1. The van der Waals surface area contributed by atoms with Gasteiger partial charge in [0.15, 0.2) is 5.52 Å². The highest BCUT2D eigenvalue weighted by Crippen LogP contribution is 2.30. The molecule has 2 N–H and O–H groups in total. The highest BCUT2D eigenvalue weighted by Gasteiger charge is 2.27. The molecule has 2 heterocycles. The van der Waals surface area contributed by atoms with Gasteiger partial charge in [0.1, 0.15) is 11.3 Å². The third-order valence-corrected chi connectivity index (χ3v) is 7.31. The molecule has 2 aromatic carbocycles. The summed E-state index contributed by atoms with van der Waals surface area (Å²) in [5, 5.41) is 16.1. The molecular formula is C31H34N4O5. The lowest BCUT2D eigenvalue weighted by atomic mass is 9.89. The zero-order chi connectivity index (χ0) is 28.4. The van der Waals surface area contributed by atoms with E-state index in [0.717, 1.165) is 43.2 Å². The predicted octanol–water partition coefficient (Wildman–Crippen LogP) is 5.61. The maximum absolute atomic E-state index is 13.1. The van der Waals surface area contributed by atoms with Crippen molar-refractivity contribution in [2.45, 2.75) is 65.8 Å². The second-order valence-corrected chi connectivity index (χ2v) is 11.7. The van der Waals surface area contributed by atoms with Crippen LogP contribution in [-0.4, -0.2) is 36.8 Å². The number of carboxylic acid groups (broad SMARTS) is 1. The van der Waals surface area contributed by atoms with Gasteiger partial charge in [-0.3, -0.25) is 9.59 Å². The van der Waals surface area contributed by atoms with Crippen LogP contribution in [0.3, 0.4) is 0 Å². The van der Waals surface area contributed by atoms with Crippen molar-refractivity contribution in [1.82, 2.24) is 19.7 Å². The van der Waals surface area contributed by atoms with E-state index < -0.39 is 11.5 Å². The Bertz CT molecular complexity index is 1610. The molecule has 9 nitrogen and oxygen atoms in total. The van der Waals surface area contributed by atoms with Gasteiger partial charge in [-0.05, 0) is 41.0 Å². The van der Waals surface area contributed by atoms with E-state index in [1.54, 1.807) is 18.2 Å². The Kier molecular flexibility index (Phi) is 7.56. The Morgan fingerprint density at radius 3 is 2.42 bits per heavy atom. The number of carbonyl (C=O) groups excluding carboxylic acids is 1. The second kappa shape index (κ2) is 11.1. The molecule has 0 radical (unpaired) electrons. The number of benzene rings is 2. The summed E-state index contributed by atoms with van der Waals surface area (Å²) >= 11 is 0. The average Bonchev–Trinajstić information content (AvgIpc) is 3.28. The van der Waals surface area contributed by atoms with Crippen molar-refractivity contribution < 1.29 is 19.4 Å². The van der Waals surface area contributed by atoms with Gasteiger partial charge < -0.3 is 14.4 Å². The zero-order valence-corrected chi connectivity index (χ0v) is 23.1. The van der Waals surface area contributed by atoms with Crippen LogP contribution < -0.4 is 10.3 Å². The molecule has 1 saturated carbocycles. The van der Waals surface area contributed by atoms with Crippen molar-refractivity contribution in [3.05, 3.63) is 75.8 Å². The van der Waals surface area contributed by atoms with E-state index in [1.807, 2.05) is 34.9 Å². The molecule has 1 aliphatic rings. The molecule has 0 atom stereocenters. The van der Waals surface area contributed by atoms with E-state index in [0.29, 0.717) is 29.9 Å². The van der Waals surface area contributed by atoms with E-state index in [9.17, 15) is 19.5 Å². The molecule has 9 heteroatoms. The van der Waals surface area contributed by atoms with Gasteiger partial charge in [-0.1, -0.05) is 82.5 Å². The fourth-order valence-corrected chi connectivity index (χ4v) is 5.35. The van der Waals surface area contributed by atoms with Crippen LogP contribution in [0.25, 0.3) is 22.2 Å². The van der Waals surface area contributed by atoms with Crippen molar-refractivity contribution in [2.75, 3.05) is 0 Å². The summed E-state index contributed by atoms with van der Waals surface area (Å²) in [6.45, 7) is 6.64. The number of aromatic carboxylic acids is 1. The molecule has 0 unspecified atom stereocenters. The Morgan fingerprint density at radius 2 is 1.75 bits per heavy atom. The van der Waals surface area contributed by atoms with Crippen LogP contribution in [0.15, 0.2) is 53.3 Å². The van der Waals surface area contributed by atoms with Gasteiger partial charge in [0.05, 0.1) is 11.5 Å². The number of ether oxygens (including phenoxy) is 1. The minimum atomic E-state index is -0.982. The standard InChI is InChI=1S/C31H34N4O5/c1-31(2,3)17-24-32-25-26(27(36)33-34-28(25)40-30(39)21-9-5-4-6-10-21)35(24)18-19-13-15-20(16-14-19)22-11-7-8-12-23(22)29(37)38/h7-8,11-16,21H,4-6,9-10,17-18H2,1-3H3,(H,33,36)(H,37,38). The highest BCUT2D eigenvalue weighted by molar-refractivity contribution is 5.96. The van der Waals surface area contributed by atoms with E-state index in [2.05, 4.69) is 31.0 Å². The van der Waals surface area contributed by atoms with E-state index in [4.69, 9.17) is 9.72 Å². The molecule has 0 aliphatic heterocycles. The number of carboxylic acids is 1. The Morgan fingerprint density at radius 1 is 1.05 bits per heavy atom. The molecule has 5 rings (SSSR count). The molecule has 0 amide bonds. The quantitative estimate of drug-likeness (QED) is 0.291. The maximum atomic E-state index is 13.1. The summed E-state index contributed by atoms with van der Waals surface area (Å²) in [7, 11) is 0. The number of hydrogen-bond donors (Lipinski definition) is 2. The molecule has 40 heavy (non-hydrogen) atoms. The Hall–Kier alpha value is -4.27. The summed E-state index contributed by atoms with van der Waals surface area (Å²) in [5.74, 6) is -0.761. The lowest BCUT2D eigenvalue weighted by molar-refractivity contribution is -0.140. The third-order valence-electron chi connectivity index (χ3n) is 7.31. The van der Waals surface area contributed by atoms with Crippen LogP contribution >= 0.6 is 0 Å². The smallest absolute Gasteiger partial charge is 0.336 e. The number of aromatic amines is 1. The molecule has 4 aromatic rings. The van der Waals surface area contributed by atoms with E-state index >= 15 is 0 Å². The molecule has 0 spiro atoms. The van der Waals surface area contributed by atoms with Gasteiger partial charge in [-0.15, -0.1) is 5.10 Å².